The predicted molar refractivity (Wildman–Crippen MR) is 96.7 cm³/mol. The maximum Gasteiger partial charge on any atom is 0.233 e. The number of nitrogens with one attached hydrogen (secondary N) is 1. The second-order valence-corrected chi connectivity index (χ2v) is 6.84. The van der Waals surface area contributed by atoms with Crippen molar-refractivity contribution >= 4 is 17.7 Å². The molecular weight excluding hydrogens is 322 g/mol. The zero-order valence-corrected chi connectivity index (χ0v) is 14.7. The zero-order chi connectivity index (χ0) is 16.8. The molecule has 1 fully saturated rings. The molecule has 24 heavy (non-hydrogen) atoms. The summed E-state index contributed by atoms with van der Waals surface area (Å²) in [6.45, 7) is 4.31. The number of hydrogen-bond acceptors (Lipinski definition) is 4. The lowest BCUT2D eigenvalue weighted by molar-refractivity contribution is -0.128. The normalized spacial score (nSPS) is 17.6. The number of hydrogen-bond donors (Lipinski definition) is 1. The molecule has 1 aromatic heterocycles. The van der Waals surface area contributed by atoms with Crippen LogP contribution in [0, 0.1) is 0 Å². The van der Waals surface area contributed by atoms with E-state index in [-0.39, 0.29) is 11.3 Å². The molecule has 0 spiro atoms. The number of aromatic nitrogens is 2. The molecule has 0 radical (unpaired) electrons. The summed E-state index contributed by atoms with van der Waals surface area (Å²) in [6.07, 6.45) is 3.74. The molecule has 6 heteroatoms. The number of benzene rings is 1. The molecule has 2 aromatic rings. The first-order valence-corrected chi connectivity index (χ1v) is 9.43. The smallest absolute Gasteiger partial charge is 0.233 e. The molecule has 1 unspecified atom stereocenters. The maximum absolute atomic E-state index is 12.2. The van der Waals surface area contributed by atoms with Crippen molar-refractivity contribution in [1.82, 2.24) is 14.9 Å². The summed E-state index contributed by atoms with van der Waals surface area (Å²) in [5.74, 6) is 1.56. The van der Waals surface area contributed by atoms with Crippen LogP contribution in [0.4, 0.5) is 0 Å². The highest BCUT2D eigenvalue weighted by Gasteiger charge is 2.33. The van der Waals surface area contributed by atoms with E-state index in [1.807, 2.05) is 41.4 Å². The Morgan fingerprint density at radius 1 is 1.33 bits per heavy atom. The number of imidazole rings is 1. The molecule has 1 atom stereocenters. The highest BCUT2D eigenvalue weighted by molar-refractivity contribution is 8.00. The Hall–Kier alpha value is -1.79. The minimum absolute atomic E-state index is 0.0219. The molecule has 0 aliphatic carbocycles. The van der Waals surface area contributed by atoms with Crippen LogP contribution in [0.2, 0.25) is 0 Å². The molecule has 2 heterocycles. The number of aromatic amines is 1. The molecule has 1 aliphatic heterocycles. The van der Waals surface area contributed by atoms with Crippen molar-refractivity contribution in [3.05, 3.63) is 42.2 Å². The lowest BCUT2D eigenvalue weighted by Crippen LogP contribution is -2.30. The van der Waals surface area contributed by atoms with Gasteiger partial charge in [0, 0.05) is 25.3 Å². The number of nitrogens with zero attached hydrogens (tertiary/aromatic N) is 2. The van der Waals surface area contributed by atoms with Crippen LogP contribution in [0.5, 0.6) is 0 Å². The van der Waals surface area contributed by atoms with Crippen LogP contribution in [0.1, 0.15) is 30.8 Å². The van der Waals surface area contributed by atoms with Gasteiger partial charge in [0.2, 0.25) is 5.91 Å². The number of carbonyl (C=O) groups excluding carboxylic acids is 1. The summed E-state index contributed by atoms with van der Waals surface area (Å²) in [4.78, 5) is 22.0. The van der Waals surface area contributed by atoms with Crippen LogP contribution < -0.4 is 0 Å². The summed E-state index contributed by atoms with van der Waals surface area (Å²) >= 11 is 1.65. The van der Waals surface area contributed by atoms with E-state index in [2.05, 4.69) is 16.9 Å². The summed E-state index contributed by atoms with van der Waals surface area (Å²) in [6, 6.07) is 10.0. The van der Waals surface area contributed by atoms with Gasteiger partial charge in [-0.25, -0.2) is 4.98 Å². The maximum atomic E-state index is 12.2. The first-order valence-electron chi connectivity index (χ1n) is 8.38. The van der Waals surface area contributed by atoms with E-state index in [1.165, 1.54) is 0 Å². The van der Waals surface area contributed by atoms with Gasteiger partial charge in [0.25, 0.3) is 0 Å². The van der Waals surface area contributed by atoms with Gasteiger partial charge in [0.1, 0.15) is 11.2 Å². The van der Waals surface area contributed by atoms with Gasteiger partial charge in [-0.05, 0) is 12.8 Å². The lowest BCUT2D eigenvalue weighted by atomic mass is 10.2. The van der Waals surface area contributed by atoms with Crippen molar-refractivity contribution < 1.29 is 9.53 Å². The Labute approximate surface area is 146 Å². The Morgan fingerprint density at radius 2 is 2.17 bits per heavy atom. The number of thioether (sulfide) groups is 1. The molecule has 1 aromatic carbocycles. The topological polar surface area (TPSA) is 58.2 Å². The van der Waals surface area contributed by atoms with Gasteiger partial charge in [-0.3, -0.25) is 4.79 Å². The van der Waals surface area contributed by atoms with Crippen LogP contribution >= 0.6 is 11.8 Å². The average Bonchev–Trinajstić information content (AvgIpc) is 3.23. The second kappa shape index (κ2) is 8.35. The van der Waals surface area contributed by atoms with Crippen LogP contribution in [-0.4, -0.2) is 46.3 Å². The van der Waals surface area contributed by atoms with Crippen LogP contribution in [0.25, 0.3) is 11.4 Å². The van der Waals surface area contributed by atoms with Crippen LogP contribution in [0.3, 0.4) is 0 Å². The molecule has 1 saturated heterocycles. The van der Waals surface area contributed by atoms with Gasteiger partial charge in [0.15, 0.2) is 0 Å². The van der Waals surface area contributed by atoms with Crippen molar-refractivity contribution in [1.29, 1.82) is 0 Å². The van der Waals surface area contributed by atoms with Crippen molar-refractivity contribution in [2.24, 2.45) is 0 Å². The van der Waals surface area contributed by atoms with Gasteiger partial charge in [-0.1, -0.05) is 37.3 Å². The van der Waals surface area contributed by atoms with Crippen LogP contribution in [0.15, 0.2) is 36.5 Å². The van der Waals surface area contributed by atoms with Crippen molar-refractivity contribution in [2.75, 3.05) is 25.5 Å². The third kappa shape index (κ3) is 3.99. The van der Waals surface area contributed by atoms with Crippen molar-refractivity contribution in [3.63, 3.8) is 0 Å². The molecule has 0 saturated carbocycles. The van der Waals surface area contributed by atoms with E-state index in [9.17, 15) is 4.79 Å². The monoisotopic (exact) mass is 345 g/mol. The fourth-order valence-corrected chi connectivity index (χ4v) is 3.91. The molecule has 5 nitrogen and oxygen atoms in total. The Morgan fingerprint density at radius 3 is 2.96 bits per heavy atom. The largest absolute Gasteiger partial charge is 0.381 e. The highest BCUT2D eigenvalue weighted by Crippen LogP contribution is 2.38. The summed E-state index contributed by atoms with van der Waals surface area (Å²) in [5, 5.41) is 0.0219. The van der Waals surface area contributed by atoms with E-state index in [4.69, 9.17) is 4.74 Å². The van der Waals surface area contributed by atoms with E-state index < -0.39 is 0 Å². The van der Waals surface area contributed by atoms with Gasteiger partial charge < -0.3 is 14.6 Å². The third-order valence-corrected chi connectivity index (χ3v) is 5.15. The molecule has 0 bridgehead atoms. The predicted octanol–water partition coefficient (Wildman–Crippen LogP) is 3.47. The summed E-state index contributed by atoms with van der Waals surface area (Å²) < 4.78 is 5.52. The molecule has 3 rings (SSSR count). The van der Waals surface area contributed by atoms with Gasteiger partial charge in [0.05, 0.1) is 17.6 Å². The molecule has 128 valence electrons. The molecule has 1 amide bonds. The average molecular weight is 345 g/mol. The number of H-pyrrole nitrogens is 1. The number of ether oxygens (including phenoxy) is 1. The Balaban J connectivity index is 1.64. The quantitative estimate of drug-likeness (QED) is 0.744. The SMILES string of the molecule is CCCOCCCN1C(=O)CSC1c1cnc(-c2ccccc2)[nH]1. The van der Waals surface area contributed by atoms with E-state index in [1.54, 1.807) is 11.8 Å². The van der Waals surface area contributed by atoms with E-state index >= 15 is 0 Å². The fraction of sp³-hybridized carbons (Fsp3) is 0.444. The van der Waals surface area contributed by atoms with Gasteiger partial charge in [-0.2, -0.15) is 0 Å². The molecular formula is C18H23N3O2S. The second-order valence-electron chi connectivity index (χ2n) is 5.77. The Bertz CT molecular complexity index is 659. The number of rotatable bonds is 8. The number of amides is 1. The minimum atomic E-state index is 0.0219. The first-order chi connectivity index (χ1) is 11.8. The first kappa shape index (κ1) is 17.0. The van der Waals surface area contributed by atoms with Crippen molar-refractivity contribution in [2.45, 2.75) is 25.1 Å². The van der Waals surface area contributed by atoms with E-state index in [0.29, 0.717) is 12.4 Å². The standard InChI is InChI=1S/C18H23N3O2S/c1-2-10-23-11-6-9-21-16(22)13-24-18(21)15-12-19-17(20-15)14-7-4-3-5-8-14/h3-5,7-8,12,18H,2,6,9-11,13H2,1H3,(H,19,20). The zero-order valence-electron chi connectivity index (χ0n) is 13.9. The summed E-state index contributed by atoms with van der Waals surface area (Å²) in [7, 11) is 0. The van der Waals surface area contributed by atoms with E-state index in [0.717, 1.165) is 43.1 Å². The molecule has 1 aliphatic rings. The van der Waals surface area contributed by atoms with Crippen molar-refractivity contribution in [3.8, 4) is 11.4 Å². The Kier molecular flexibility index (Phi) is 5.93. The summed E-state index contributed by atoms with van der Waals surface area (Å²) in [5.41, 5.74) is 2.04. The van der Waals surface area contributed by atoms with Gasteiger partial charge >= 0.3 is 0 Å². The number of carbonyl (C=O) groups is 1. The third-order valence-electron chi connectivity index (χ3n) is 3.91. The van der Waals surface area contributed by atoms with Gasteiger partial charge in [-0.15, -0.1) is 11.8 Å². The minimum Gasteiger partial charge on any atom is -0.381 e. The lowest BCUT2D eigenvalue weighted by Gasteiger charge is -2.22. The fourth-order valence-electron chi connectivity index (χ4n) is 2.74. The molecule has 1 N–H and O–H groups in total. The van der Waals surface area contributed by atoms with Crippen LogP contribution in [-0.2, 0) is 9.53 Å². The highest BCUT2D eigenvalue weighted by atomic mass is 32.2.